The summed E-state index contributed by atoms with van der Waals surface area (Å²) in [5.74, 6) is -0.958. The molecule has 0 spiro atoms. The summed E-state index contributed by atoms with van der Waals surface area (Å²) in [4.78, 5) is 34.9. The SMILES string of the molecule is CC(C)=C1CC[C@]2(C)[C@@H](OC(=O)c3cccnc3)/C=C(/C)CC[C@H]3O[C@@]3(C)C[C@@H](OC(=O)c3cccnc3)[C@@H]12. The summed E-state index contributed by atoms with van der Waals surface area (Å²) >= 11 is 0. The first-order valence-corrected chi connectivity index (χ1v) is 13.8. The van der Waals surface area contributed by atoms with Gasteiger partial charge in [-0.15, -0.1) is 0 Å². The first kappa shape index (κ1) is 27.3. The number of carbonyl (C=O) groups is 2. The molecule has 0 bridgehead atoms. The van der Waals surface area contributed by atoms with E-state index in [1.165, 1.54) is 23.5 Å². The highest BCUT2D eigenvalue weighted by Gasteiger charge is 2.59. The molecule has 3 heterocycles. The van der Waals surface area contributed by atoms with Crippen molar-refractivity contribution in [3.63, 3.8) is 0 Å². The van der Waals surface area contributed by atoms with Crippen LogP contribution in [0.3, 0.4) is 0 Å². The molecule has 0 N–H and O–H groups in total. The molecule has 0 amide bonds. The van der Waals surface area contributed by atoms with Crippen molar-refractivity contribution in [1.29, 1.82) is 0 Å². The topological polar surface area (TPSA) is 90.9 Å². The fourth-order valence-corrected chi connectivity index (χ4v) is 6.52. The predicted octanol–water partition coefficient (Wildman–Crippen LogP) is 6.27. The molecule has 7 nitrogen and oxygen atoms in total. The number of nitrogens with zero attached hydrogens (tertiary/aromatic N) is 2. The van der Waals surface area contributed by atoms with Crippen molar-refractivity contribution >= 4 is 11.9 Å². The maximum Gasteiger partial charge on any atom is 0.340 e. The van der Waals surface area contributed by atoms with Gasteiger partial charge in [0.2, 0.25) is 0 Å². The van der Waals surface area contributed by atoms with E-state index in [9.17, 15) is 9.59 Å². The van der Waals surface area contributed by atoms with Gasteiger partial charge in [-0.25, -0.2) is 9.59 Å². The molecule has 2 aromatic heterocycles. The molecule has 5 rings (SSSR count). The molecule has 1 aliphatic heterocycles. The van der Waals surface area contributed by atoms with Gasteiger partial charge in [0, 0.05) is 42.5 Å². The van der Waals surface area contributed by atoms with E-state index in [-0.39, 0.29) is 17.6 Å². The monoisotopic (exact) mass is 530 g/mol. The number of allylic oxidation sites excluding steroid dienone is 2. The van der Waals surface area contributed by atoms with Gasteiger partial charge in [0.1, 0.15) is 12.2 Å². The molecule has 1 saturated carbocycles. The van der Waals surface area contributed by atoms with Crippen LogP contribution in [0, 0.1) is 11.3 Å². The number of aromatic nitrogens is 2. The molecule has 0 aromatic carbocycles. The second kappa shape index (κ2) is 10.7. The smallest absolute Gasteiger partial charge is 0.340 e. The van der Waals surface area contributed by atoms with Gasteiger partial charge in [-0.05, 0) is 83.7 Å². The number of carbonyl (C=O) groups excluding carboxylic acids is 2. The first-order chi connectivity index (χ1) is 18.6. The number of fused-ring (bicyclic) bond motifs is 2. The standard InChI is InChI=1S/C32H38N2O5/c1-20(2)24-12-13-31(4)27(38-30(36)23-9-7-15-34-19-23)16-21(3)10-11-26-32(5,39-26)17-25(28(24)31)37-29(35)22-8-6-14-33-18-22/h6-9,14-16,18-19,25-28H,10-13,17H2,1-5H3/b21-16-/t25-,26-,27+,28-,31-,32+/m1/s1. The van der Waals surface area contributed by atoms with Crippen molar-refractivity contribution in [3.8, 4) is 0 Å². The fourth-order valence-electron chi connectivity index (χ4n) is 6.52. The van der Waals surface area contributed by atoms with Crippen LogP contribution in [-0.2, 0) is 14.2 Å². The Labute approximate surface area is 230 Å². The second-order valence-electron chi connectivity index (χ2n) is 11.9. The van der Waals surface area contributed by atoms with Crippen LogP contribution in [0.25, 0.3) is 0 Å². The van der Waals surface area contributed by atoms with Crippen LogP contribution < -0.4 is 0 Å². The maximum absolute atomic E-state index is 13.4. The summed E-state index contributed by atoms with van der Waals surface area (Å²) in [6.07, 6.45) is 11.5. The molecule has 0 unspecified atom stereocenters. The lowest BCUT2D eigenvalue weighted by Gasteiger charge is -2.42. The first-order valence-electron chi connectivity index (χ1n) is 13.8. The molecular weight excluding hydrogens is 492 g/mol. The van der Waals surface area contributed by atoms with Gasteiger partial charge >= 0.3 is 11.9 Å². The lowest BCUT2D eigenvalue weighted by Crippen LogP contribution is -2.46. The number of pyridine rings is 2. The zero-order valence-corrected chi connectivity index (χ0v) is 23.5. The van der Waals surface area contributed by atoms with Crippen LogP contribution in [0.1, 0.15) is 87.4 Å². The molecule has 1 saturated heterocycles. The highest BCUT2D eigenvalue weighted by molar-refractivity contribution is 5.89. The molecule has 3 aliphatic rings. The molecule has 0 radical (unpaired) electrons. The van der Waals surface area contributed by atoms with Crippen molar-refractivity contribution in [3.05, 3.63) is 83.0 Å². The number of rotatable bonds is 4. The van der Waals surface area contributed by atoms with Crippen LogP contribution in [0.5, 0.6) is 0 Å². The summed E-state index contributed by atoms with van der Waals surface area (Å²) in [6, 6.07) is 6.91. The van der Waals surface area contributed by atoms with Crippen LogP contribution in [0.2, 0.25) is 0 Å². The van der Waals surface area contributed by atoms with E-state index in [1.807, 2.05) is 0 Å². The van der Waals surface area contributed by atoms with Gasteiger partial charge < -0.3 is 14.2 Å². The van der Waals surface area contributed by atoms with Crippen LogP contribution in [0.15, 0.2) is 71.8 Å². The fraction of sp³-hybridized carbons (Fsp3) is 0.500. The third-order valence-corrected chi connectivity index (χ3v) is 8.85. The summed E-state index contributed by atoms with van der Waals surface area (Å²) < 4.78 is 18.9. The molecular formula is C32H38N2O5. The van der Waals surface area contributed by atoms with E-state index < -0.39 is 29.6 Å². The Morgan fingerprint density at radius 2 is 1.62 bits per heavy atom. The van der Waals surface area contributed by atoms with Crippen LogP contribution >= 0.6 is 0 Å². The van der Waals surface area contributed by atoms with Crippen molar-refractivity contribution in [1.82, 2.24) is 9.97 Å². The minimum absolute atomic E-state index is 0.0951. The highest BCUT2D eigenvalue weighted by Crippen LogP contribution is 2.57. The van der Waals surface area contributed by atoms with Gasteiger partial charge in [-0.2, -0.15) is 0 Å². The molecule has 7 heteroatoms. The van der Waals surface area contributed by atoms with Gasteiger partial charge in [-0.1, -0.05) is 23.6 Å². The Bertz CT molecular complexity index is 1290. The quantitative estimate of drug-likeness (QED) is 0.261. The molecule has 2 aromatic rings. The van der Waals surface area contributed by atoms with Gasteiger partial charge in [0.25, 0.3) is 0 Å². The van der Waals surface area contributed by atoms with E-state index in [0.29, 0.717) is 17.5 Å². The predicted molar refractivity (Wildman–Crippen MR) is 147 cm³/mol. The van der Waals surface area contributed by atoms with Crippen LogP contribution in [-0.4, -0.2) is 45.8 Å². The Balaban J connectivity index is 1.58. The normalized spacial score (nSPS) is 33.5. The summed E-state index contributed by atoms with van der Waals surface area (Å²) in [5.41, 5.74) is 3.58. The molecule has 2 fully saturated rings. The summed E-state index contributed by atoms with van der Waals surface area (Å²) in [5, 5.41) is 0. The van der Waals surface area contributed by atoms with E-state index in [2.05, 4.69) is 50.7 Å². The van der Waals surface area contributed by atoms with Crippen LogP contribution in [0.4, 0.5) is 0 Å². The third kappa shape index (κ3) is 5.55. The maximum atomic E-state index is 13.4. The van der Waals surface area contributed by atoms with Gasteiger partial charge in [-0.3, -0.25) is 9.97 Å². The number of hydrogen-bond donors (Lipinski definition) is 0. The summed E-state index contributed by atoms with van der Waals surface area (Å²) in [6.45, 7) is 10.6. The number of epoxide rings is 1. The van der Waals surface area contributed by atoms with Crippen molar-refractivity contribution < 1.29 is 23.8 Å². The average Bonchev–Trinajstić information content (AvgIpc) is 3.42. The van der Waals surface area contributed by atoms with E-state index >= 15 is 0 Å². The van der Waals surface area contributed by atoms with Gasteiger partial charge in [0.05, 0.1) is 22.8 Å². The van der Waals surface area contributed by atoms with Crippen molar-refractivity contribution in [2.24, 2.45) is 11.3 Å². The second-order valence-corrected chi connectivity index (χ2v) is 11.9. The number of ether oxygens (including phenoxy) is 3. The zero-order chi connectivity index (χ0) is 27.8. The average molecular weight is 531 g/mol. The van der Waals surface area contributed by atoms with Crippen molar-refractivity contribution in [2.45, 2.75) is 90.6 Å². The molecule has 2 aliphatic carbocycles. The lowest BCUT2D eigenvalue weighted by atomic mass is 9.69. The molecule has 39 heavy (non-hydrogen) atoms. The van der Waals surface area contributed by atoms with E-state index in [0.717, 1.165) is 31.3 Å². The van der Waals surface area contributed by atoms with Gasteiger partial charge in [0.15, 0.2) is 0 Å². The largest absolute Gasteiger partial charge is 0.458 e. The number of hydrogen-bond acceptors (Lipinski definition) is 7. The lowest BCUT2D eigenvalue weighted by molar-refractivity contribution is -0.0473. The molecule has 6 atom stereocenters. The Morgan fingerprint density at radius 3 is 2.21 bits per heavy atom. The Morgan fingerprint density at radius 1 is 0.974 bits per heavy atom. The number of esters is 2. The molecule has 206 valence electrons. The van der Waals surface area contributed by atoms with E-state index in [1.54, 1.807) is 36.7 Å². The van der Waals surface area contributed by atoms with Crippen molar-refractivity contribution in [2.75, 3.05) is 0 Å². The Kier molecular flexibility index (Phi) is 7.47. The summed E-state index contributed by atoms with van der Waals surface area (Å²) in [7, 11) is 0. The minimum Gasteiger partial charge on any atom is -0.458 e. The van der Waals surface area contributed by atoms with E-state index in [4.69, 9.17) is 14.2 Å². The highest BCUT2D eigenvalue weighted by atomic mass is 16.6. The zero-order valence-electron chi connectivity index (χ0n) is 23.5. The minimum atomic E-state index is -0.505. The Hall–Kier alpha value is -3.32. The third-order valence-electron chi connectivity index (χ3n) is 8.85.